The molecule has 0 saturated heterocycles. The summed E-state index contributed by atoms with van der Waals surface area (Å²) in [6.07, 6.45) is 14.6. The van der Waals surface area contributed by atoms with Crippen molar-refractivity contribution in [3.05, 3.63) is 24.3 Å². The first kappa shape index (κ1) is 12.5. The molecule has 94 valence electrons. The number of aromatic nitrogens is 2. The van der Waals surface area contributed by atoms with Crippen molar-refractivity contribution in [1.82, 2.24) is 15.4 Å². The smallest absolute Gasteiger partial charge is 0.115 e. The van der Waals surface area contributed by atoms with Gasteiger partial charge in [-0.1, -0.05) is 38.5 Å². The summed E-state index contributed by atoms with van der Waals surface area (Å²) in [7, 11) is 0. The molecule has 0 aliphatic heterocycles. The van der Waals surface area contributed by atoms with Gasteiger partial charge in [-0.05, 0) is 12.3 Å². The average Bonchev–Trinajstić information content (AvgIpc) is 2.65. The van der Waals surface area contributed by atoms with Crippen LogP contribution in [0.4, 0.5) is 0 Å². The van der Waals surface area contributed by atoms with Crippen molar-refractivity contribution in [3.8, 4) is 0 Å². The molecular formula is C13H22N4. The molecule has 3 N–H and O–H groups in total. The Morgan fingerprint density at radius 3 is 2.41 bits per heavy atom. The predicted molar refractivity (Wildman–Crippen MR) is 67.9 cm³/mol. The number of hydrazine groups is 1. The Kier molecular flexibility index (Phi) is 4.88. The van der Waals surface area contributed by atoms with E-state index in [-0.39, 0.29) is 6.04 Å². The van der Waals surface area contributed by atoms with Gasteiger partial charge in [0.25, 0.3) is 0 Å². The van der Waals surface area contributed by atoms with Crippen LogP contribution in [-0.2, 0) is 0 Å². The summed E-state index contributed by atoms with van der Waals surface area (Å²) in [5.41, 5.74) is 4.00. The maximum Gasteiger partial charge on any atom is 0.115 e. The molecule has 0 amide bonds. The number of rotatable bonds is 4. The molecule has 1 aromatic heterocycles. The van der Waals surface area contributed by atoms with Gasteiger partial charge >= 0.3 is 0 Å². The molecule has 0 radical (unpaired) electrons. The lowest BCUT2D eigenvalue weighted by Crippen LogP contribution is -2.29. The van der Waals surface area contributed by atoms with Gasteiger partial charge in [-0.15, -0.1) is 0 Å². The summed E-state index contributed by atoms with van der Waals surface area (Å²) < 4.78 is 0. The summed E-state index contributed by atoms with van der Waals surface area (Å²) in [5.74, 6) is 6.45. The van der Waals surface area contributed by atoms with E-state index in [1.165, 1.54) is 38.5 Å². The number of hydrogen-bond donors (Lipinski definition) is 2. The summed E-state index contributed by atoms with van der Waals surface area (Å²) in [5, 5.41) is 0. The Morgan fingerprint density at radius 2 is 1.82 bits per heavy atom. The molecule has 1 atom stereocenters. The van der Waals surface area contributed by atoms with Crippen molar-refractivity contribution >= 4 is 0 Å². The van der Waals surface area contributed by atoms with Crippen molar-refractivity contribution in [3.63, 3.8) is 0 Å². The van der Waals surface area contributed by atoms with Gasteiger partial charge in [-0.2, -0.15) is 0 Å². The third kappa shape index (κ3) is 3.75. The van der Waals surface area contributed by atoms with Gasteiger partial charge in [0.2, 0.25) is 0 Å². The zero-order valence-electron chi connectivity index (χ0n) is 10.3. The number of nitrogens with one attached hydrogen (secondary N) is 1. The summed E-state index contributed by atoms with van der Waals surface area (Å²) in [6.45, 7) is 0. The Labute approximate surface area is 103 Å². The standard InChI is InChI=1S/C13H22N4/c14-17-13(12-8-15-10-16-9-12)7-11-5-3-1-2-4-6-11/h8-11,13,17H,1-7,14H2. The van der Waals surface area contributed by atoms with E-state index in [4.69, 9.17) is 5.84 Å². The number of nitrogens with two attached hydrogens (primary N) is 1. The van der Waals surface area contributed by atoms with Crippen molar-refractivity contribution in [2.24, 2.45) is 11.8 Å². The average molecular weight is 234 g/mol. The molecule has 1 aliphatic rings. The van der Waals surface area contributed by atoms with Gasteiger partial charge in [0.1, 0.15) is 6.33 Å². The molecule has 1 fully saturated rings. The zero-order chi connectivity index (χ0) is 11.9. The largest absolute Gasteiger partial charge is 0.271 e. The van der Waals surface area contributed by atoms with Crippen LogP contribution in [0.15, 0.2) is 18.7 Å². The molecule has 4 nitrogen and oxygen atoms in total. The minimum atomic E-state index is 0.194. The SMILES string of the molecule is NNC(CC1CCCCCC1)c1cncnc1. The first-order valence-corrected chi connectivity index (χ1v) is 6.61. The van der Waals surface area contributed by atoms with E-state index in [9.17, 15) is 0 Å². The molecular weight excluding hydrogens is 212 g/mol. The lowest BCUT2D eigenvalue weighted by atomic mass is 9.91. The van der Waals surface area contributed by atoms with E-state index in [1.54, 1.807) is 6.33 Å². The molecule has 17 heavy (non-hydrogen) atoms. The lowest BCUT2D eigenvalue weighted by Gasteiger charge is -2.21. The van der Waals surface area contributed by atoms with E-state index in [0.29, 0.717) is 0 Å². The van der Waals surface area contributed by atoms with Crippen LogP contribution in [0.5, 0.6) is 0 Å². The molecule has 1 saturated carbocycles. The van der Waals surface area contributed by atoms with Crippen molar-refractivity contribution in [1.29, 1.82) is 0 Å². The fourth-order valence-corrected chi connectivity index (χ4v) is 2.72. The van der Waals surface area contributed by atoms with Gasteiger partial charge in [-0.25, -0.2) is 9.97 Å². The third-order valence-corrected chi connectivity index (χ3v) is 3.73. The second kappa shape index (κ2) is 6.67. The highest BCUT2D eigenvalue weighted by molar-refractivity contribution is 5.08. The molecule has 4 heteroatoms. The Morgan fingerprint density at radius 1 is 1.18 bits per heavy atom. The summed E-state index contributed by atoms with van der Waals surface area (Å²) in [6, 6.07) is 0.194. The van der Waals surface area contributed by atoms with Crippen LogP contribution in [0.3, 0.4) is 0 Å². The van der Waals surface area contributed by atoms with Crippen LogP contribution in [0.1, 0.15) is 56.6 Å². The third-order valence-electron chi connectivity index (χ3n) is 3.73. The first-order valence-electron chi connectivity index (χ1n) is 6.61. The maximum absolute atomic E-state index is 5.66. The van der Waals surface area contributed by atoms with Crippen molar-refractivity contribution < 1.29 is 0 Å². The fraction of sp³-hybridized carbons (Fsp3) is 0.692. The fourth-order valence-electron chi connectivity index (χ4n) is 2.72. The van der Waals surface area contributed by atoms with Gasteiger partial charge < -0.3 is 0 Å². The van der Waals surface area contributed by atoms with Crippen molar-refractivity contribution in [2.45, 2.75) is 51.0 Å². The van der Waals surface area contributed by atoms with Crippen LogP contribution in [0, 0.1) is 5.92 Å². The van der Waals surface area contributed by atoms with Crippen LogP contribution in [-0.4, -0.2) is 9.97 Å². The van der Waals surface area contributed by atoms with Gasteiger partial charge in [0.15, 0.2) is 0 Å². The molecule has 0 spiro atoms. The molecule has 2 rings (SSSR count). The highest BCUT2D eigenvalue weighted by Gasteiger charge is 2.18. The molecule has 0 aromatic carbocycles. The topological polar surface area (TPSA) is 63.8 Å². The molecule has 1 unspecified atom stereocenters. The molecule has 0 bridgehead atoms. The van der Waals surface area contributed by atoms with Crippen LogP contribution in [0.2, 0.25) is 0 Å². The van der Waals surface area contributed by atoms with Gasteiger partial charge in [-0.3, -0.25) is 11.3 Å². The Balaban J connectivity index is 1.94. The first-order chi connectivity index (χ1) is 8.40. The van der Waals surface area contributed by atoms with Crippen LogP contribution < -0.4 is 11.3 Å². The zero-order valence-corrected chi connectivity index (χ0v) is 10.3. The van der Waals surface area contributed by atoms with E-state index < -0.39 is 0 Å². The minimum absolute atomic E-state index is 0.194. The minimum Gasteiger partial charge on any atom is -0.271 e. The van der Waals surface area contributed by atoms with Crippen LogP contribution in [0.25, 0.3) is 0 Å². The summed E-state index contributed by atoms with van der Waals surface area (Å²) >= 11 is 0. The number of hydrogen-bond acceptors (Lipinski definition) is 4. The van der Waals surface area contributed by atoms with Crippen molar-refractivity contribution in [2.75, 3.05) is 0 Å². The van der Waals surface area contributed by atoms with Crippen LogP contribution >= 0.6 is 0 Å². The van der Waals surface area contributed by atoms with Gasteiger partial charge in [0, 0.05) is 24.0 Å². The Hall–Kier alpha value is -1.00. The monoisotopic (exact) mass is 234 g/mol. The van der Waals surface area contributed by atoms with E-state index in [0.717, 1.165) is 17.9 Å². The van der Waals surface area contributed by atoms with E-state index in [2.05, 4.69) is 15.4 Å². The molecule has 1 aromatic rings. The second-order valence-corrected chi connectivity index (χ2v) is 4.98. The predicted octanol–water partition coefficient (Wildman–Crippen LogP) is 2.34. The lowest BCUT2D eigenvalue weighted by molar-refractivity contribution is 0.358. The molecule has 1 aliphatic carbocycles. The number of nitrogens with zero attached hydrogens (tertiary/aromatic N) is 2. The highest BCUT2D eigenvalue weighted by atomic mass is 15.2. The molecule has 1 heterocycles. The van der Waals surface area contributed by atoms with Gasteiger partial charge in [0.05, 0.1) is 0 Å². The Bertz CT molecular complexity index is 306. The maximum atomic E-state index is 5.66. The quantitative estimate of drug-likeness (QED) is 0.477. The van der Waals surface area contributed by atoms with E-state index >= 15 is 0 Å². The second-order valence-electron chi connectivity index (χ2n) is 4.98. The van der Waals surface area contributed by atoms with E-state index in [1.807, 2.05) is 12.4 Å². The summed E-state index contributed by atoms with van der Waals surface area (Å²) in [4.78, 5) is 8.12. The normalized spacial score (nSPS) is 19.8. The highest BCUT2D eigenvalue weighted by Crippen LogP contribution is 2.30.